The SMILES string of the molecule is O=C(c1cccs1)N1CCCN(C(=O)C2CC2)CC1. The number of thiophene rings is 1. The van der Waals surface area contributed by atoms with Crippen molar-refractivity contribution in [3.8, 4) is 0 Å². The Bertz CT molecular complexity index is 468. The summed E-state index contributed by atoms with van der Waals surface area (Å²) in [4.78, 5) is 28.9. The predicted octanol–water partition coefficient (Wildman–Crippen LogP) is 1.83. The molecule has 19 heavy (non-hydrogen) atoms. The highest BCUT2D eigenvalue weighted by Crippen LogP contribution is 2.31. The zero-order valence-corrected chi connectivity index (χ0v) is 11.7. The van der Waals surface area contributed by atoms with Crippen LogP contribution in [-0.4, -0.2) is 47.8 Å². The summed E-state index contributed by atoms with van der Waals surface area (Å²) in [6, 6.07) is 3.77. The average Bonchev–Trinajstić information content (AvgIpc) is 3.18. The Morgan fingerprint density at radius 2 is 1.84 bits per heavy atom. The lowest BCUT2D eigenvalue weighted by atomic mass is 10.3. The van der Waals surface area contributed by atoms with E-state index in [2.05, 4.69) is 0 Å². The maximum Gasteiger partial charge on any atom is 0.263 e. The van der Waals surface area contributed by atoms with E-state index in [1.165, 1.54) is 11.3 Å². The van der Waals surface area contributed by atoms with Gasteiger partial charge in [0.25, 0.3) is 5.91 Å². The summed E-state index contributed by atoms with van der Waals surface area (Å²) in [6.07, 6.45) is 2.98. The lowest BCUT2D eigenvalue weighted by Gasteiger charge is -2.21. The van der Waals surface area contributed by atoms with Gasteiger partial charge in [-0.1, -0.05) is 6.07 Å². The Balaban J connectivity index is 1.61. The number of carbonyl (C=O) groups is 2. The first kappa shape index (κ1) is 12.7. The maximum absolute atomic E-state index is 12.3. The molecule has 1 aromatic heterocycles. The molecule has 1 saturated heterocycles. The van der Waals surface area contributed by atoms with Crippen molar-refractivity contribution in [1.82, 2.24) is 9.80 Å². The van der Waals surface area contributed by atoms with Gasteiger partial charge >= 0.3 is 0 Å². The van der Waals surface area contributed by atoms with Gasteiger partial charge in [-0.15, -0.1) is 11.3 Å². The van der Waals surface area contributed by atoms with Crippen LogP contribution < -0.4 is 0 Å². The molecule has 3 rings (SSSR count). The molecule has 0 aromatic carbocycles. The average molecular weight is 278 g/mol. The van der Waals surface area contributed by atoms with Crippen molar-refractivity contribution in [2.45, 2.75) is 19.3 Å². The van der Waals surface area contributed by atoms with Crippen LogP contribution in [0.25, 0.3) is 0 Å². The van der Waals surface area contributed by atoms with E-state index in [4.69, 9.17) is 0 Å². The van der Waals surface area contributed by atoms with Crippen LogP contribution in [0.4, 0.5) is 0 Å². The molecule has 1 aliphatic carbocycles. The van der Waals surface area contributed by atoms with Gasteiger partial charge in [-0.05, 0) is 30.7 Å². The van der Waals surface area contributed by atoms with E-state index in [1.54, 1.807) is 0 Å². The first-order valence-corrected chi connectivity index (χ1v) is 7.75. The molecule has 5 heteroatoms. The highest BCUT2D eigenvalue weighted by atomic mass is 32.1. The molecule has 102 valence electrons. The molecule has 4 nitrogen and oxygen atoms in total. The van der Waals surface area contributed by atoms with Gasteiger partial charge in [-0.25, -0.2) is 0 Å². The second-order valence-corrected chi connectivity index (χ2v) is 6.17. The molecule has 2 amide bonds. The zero-order chi connectivity index (χ0) is 13.2. The fraction of sp³-hybridized carbons (Fsp3) is 0.571. The predicted molar refractivity (Wildman–Crippen MR) is 74.1 cm³/mol. The van der Waals surface area contributed by atoms with E-state index in [1.807, 2.05) is 27.3 Å². The second kappa shape index (κ2) is 5.33. The van der Waals surface area contributed by atoms with Gasteiger partial charge in [-0.3, -0.25) is 9.59 Å². The van der Waals surface area contributed by atoms with E-state index in [9.17, 15) is 9.59 Å². The molecule has 0 spiro atoms. The van der Waals surface area contributed by atoms with E-state index in [0.717, 1.165) is 37.2 Å². The summed E-state index contributed by atoms with van der Waals surface area (Å²) in [5.41, 5.74) is 0. The van der Waals surface area contributed by atoms with E-state index in [-0.39, 0.29) is 11.8 Å². The highest BCUT2D eigenvalue weighted by Gasteiger charge is 2.34. The summed E-state index contributed by atoms with van der Waals surface area (Å²) in [7, 11) is 0. The smallest absolute Gasteiger partial charge is 0.263 e. The normalized spacial score (nSPS) is 20.2. The van der Waals surface area contributed by atoms with Crippen LogP contribution >= 0.6 is 11.3 Å². The summed E-state index contributed by atoms with van der Waals surface area (Å²) in [5, 5.41) is 1.92. The Morgan fingerprint density at radius 1 is 1.11 bits per heavy atom. The minimum absolute atomic E-state index is 0.107. The molecule has 0 radical (unpaired) electrons. The molecule has 2 fully saturated rings. The largest absolute Gasteiger partial charge is 0.341 e. The van der Waals surface area contributed by atoms with Crippen LogP contribution in [0, 0.1) is 5.92 Å². The van der Waals surface area contributed by atoms with E-state index < -0.39 is 0 Å². The quantitative estimate of drug-likeness (QED) is 0.828. The van der Waals surface area contributed by atoms with Crippen molar-refractivity contribution in [2.75, 3.05) is 26.2 Å². The number of rotatable bonds is 2. The fourth-order valence-electron chi connectivity index (χ4n) is 2.49. The third-order valence-corrected chi connectivity index (χ3v) is 4.61. The van der Waals surface area contributed by atoms with E-state index in [0.29, 0.717) is 19.0 Å². The zero-order valence-electron chi connectivity index (χ0n) is 10.9. The van der Waals surface area contributed by atoms with Crippen molar-refractivity contribution < 1.29 is 9.59 Å². The first-order chi connectivity index (χ1) is 9.25. The molecule has 0 unspecified atom stereocenters. The third kappa shape index (κ3) is 2.81. The van der Waals surface area contributed by atoms with Crippen LogP contribution in [0.1, 0.15) is 28.9 Å². The number of hydrogen-bond donors (Lipinski definition) is 0. The van der Waals surface area contributed by atoms with Crippen LogP contribution in [0.15, 0.2) is 17.5 Å². The van der Waals surface area contributed by atoms with Crippen LogP contribution in [0.3, 0.4) is 0 Å². The summed E-state index contributed by atoms with van der Waals surface area (Å²) >= 11 is 1.48. The second-order valence-electron chi connectivity index (χ2n) is 5.22. The van der Waals surface area contributed by atoms with Crippen molar-refractivity contribution in [3.63, 3.8) is 0 Å². The minimum atomic E-state index is 0.107. The molecule has 1 aromatic rings. The number of hydrogen-bond acceptors (Lipinski definition) is 3. The maximum atomic E-state index is 12.3. The molecule has 0 atom stereocenters. The van der Waals surface area contributed by atoms with Crippen LogP contribution in [0.5, 0.6) is 0 Å². The molecular weight excluding hydrogens is 260 g/mol. The number of nitrogens with zero attached hydrogens (tertiary/aromatic N) is 2. The number of carbonyl (C=O) groups excluding carboxylic acids is 2. The Morgan fingerprint density at radius 3 is 2.53 bits per heavy atom. The van der Waals surface area contributed by atoms with Crippen LogP contribution in [-0.2, 0) is 4.79 Å². The Hall–Kier alpha value is -1.36. The van der Waals surface area contributed by atoms with Gasteiger partial charge in [0.1, 0.15) is 0 Å². The summed E-state index contributed by atoms with van der Waals surface area (Å²) in [6.45, 7) is 2.90. The van der Waals surface area contributed by atoms with Gasteiger partial charge < -0.3 is 9.80 Å². The molecule has 1 aliphatic heterocycles. The Kier molecular flexibility index (Phi) is 3.55. The molecule has 2 aliphatic rings. The van der Waals surface area contributed by atoms with Gasteiger partial charge in [0.05, 0.1) is 4.88 Å². The number of amides is 2. The van der Waals surface area contributed by atoms with Crippen molar-refractivity contribution in [3.05, 3.63) is 22.4 Å². The van der Waals surface area contributed by atoms with Gasteiger partial charge in [0, 0.05) is 32.1 Å². The molecule has 2 heterocycles. The lowest BCUT2D eigenvalue weighted by Crippen LogP contribution is -2.37. The van der Waals surface area contributed by atoms with Gasteiger partial charge in [0.15, 0.2) is 0 Å². The summed E-state index contributed by atoms with van der Waals surface area (Å²) in [5.74, 6) is 0.681. The Labute approximate surface area is 117 Å². The van der Waals surface area contributed by atoms with Crippen molar-refractivity contribution >= 4 is 23.2 Å². The lowest BCUT2D eigenvalue weighted by molar-refractivity contribution is -0.132. The van der Waals surface area contributed by atoms with Gasteiger partial charge in [-0.2, -0.15) is 0 Å². The minimum Gasteiger partial charge on any atom is -0.341 e. The topological polar surface area (TPSA) is 40.6 Å². The molecule has 0 bridgehead atoms. The molecular formula is C14H18N2O2S. The third-order valence-electron chi connectivity index (χ3n) is 3.75. The van der Waals surface area contributed by atoms with E-state index >= 15 is 0 Å². The molecule has 1 saturated carbocycles. The van der Waals surface area contributed by atoms with Crippen molar-refractivity contribution in [1.29, 1.82) is 0 Å². The molecule has 0 N–H and O–H groups in total. The highest BCUT2D eigenvalue weighted by molar-refractivity contribution is 7.12. The monoisotopic (exact) mass is 278 g/mol. The van der Waals surface area contributed by atoms with Crippen molar-refractivity contribution in [2.24, 2.45) is 5.92 Å². The van der Waals surface area contributed by atoms with Gasteiger partial charge in [0.2, 0.25) is 5.91 Å². The van der Waals surface area contributed by atoms with Crippen LogP contribution in [0.2, 0.25) is 0 Å². The summed E-state index contributed by atoms with van der Waals surface area (Å²) < 4.78 is 0. The standard InChI is InChI=1S/C14H18N2O2S/c17-13(11-4-5-11)15-6-2-7-16(9-8-15)14(18)12-3-1-10-19-12/h1,3,10-11H,2,4-9H2. The first-order valence-electron chi connectivity index (χ1n) is 6.87. The fourth-order valence-corrected chi connectivity index (χ4v) is 3.18.